The molecule has 0 spiro atoms. The van der Waals surface area contributed by atoms with Crippen LogP contribution in [0.5, 0.6) is 0 Å². The molecule has 1 amide bonds. The van der Waals surface area contributed by atoms with Crippen LogP contribution in [0.1, 0.15) is 48.0 Å². The lowest BCUT2D eigenvalue weighted by Gasteiger charge is -2.31. The Morgan fingerprint density at radius 1 is 1.17 bits per heavy atom. The van der Waals surface area contributed by atoms with Gasteiger partial charge >= 0.3 is 0 Å². The van der Waals surface area contributed by atoms with Crippen molar-refractivity contribution in [1.82, 2.24) is 14.5 Å². The van der Waals surface area contributed by atoms with Crippen molar-refractivity contribution in [2.24, 2.45) is 0 Å². The van der Waals surface area contributed by atoms with Gasteiger partial charge in [0.1, 0.15) is 0 Å². The second-order valence-electron chi connectivity index (χ2n) is 8.07. The number of rotatable bonds is 8. The van der Waals surface area contributed by atoms with Gasteiger partial charge in [0.25, 0.3) is 5.91 Å². The number of ether oxygens (including phenoxy) is 1. The molecule has 1 N–H and O–H groups in total. The van der Waals surface area contributed by atoms with E-state index in [1.54, 1.807) is 12.1 Å². The fraction of sp³-hybridized carbons (Fsp3) is 0.667. The minimum Gasteiger partial charge on any atom is -0.378 e. The van der Waals surface area contributed by atoms with E-state index in [0.717, 1.165) is 24.8 Å². The number of benzene rings is 1. The van der Waals surface area contributed by atoms with Gasteiger partial charge in [0.2, 0.25) is 10.0 Å². The highest BCUT2D eigenvalue weighted by Gasteiger charge is 2.28. The van der Waals surface area contributed by atoms with Gasteiger partial charge in [0.05, 0.1) is 11.0 Å². The molecule has 0 radical (unpaired) electrons. The second kappa shape index (κ2) is 10.0. The maximum Gasteiger partial charge on any atom is 0.251 e. The zero-order chi connectivity index (χ0) is 20.9. The molecule has 0 unspecified atom stereocenters. The fourth-order valence-corrected chi connectivity index (χ4v) is 5.31. The molecule has 2 fully saturated rings. The molecule has 7 nitrogen and oxygen atoms in total. The third-order valence-corrected chi connectivity index (χ3v) is 7.71. The zero-order valence-corrected chi connectivity index (χ0v) is 18.3. The molecule has 0 atom stereocenters. The molecule has 0 bridgehead atoms. The molecular weight excluding hydrogens is 390 g/mol. The first-order chi connectivity index (χ1) is 13.9. The van der Waals surface area contributed by atoms with Gasteiger partial charge < -0.3 is 15.0 Å². The van der Waals surface area contributed by atoms with Crippen LogP contribution in [0.4, 0.5) is 0 Å². The SMILES string of the molecule is Cc1ccc(S(=O)(=O)N2CCN(C)CC2)cc1C(=O)NCCCOC1CCCC1. The van der Waals surface area contributed by atoms with Crippen LogP contribution in [-0.4, -0.2) is 76.0 Å². The number of hydrogen-bond acceptors (Lipinski definition) is 5. The maximum absolute atomic E-state index is 13.0. The monoisotopic (exact) mass is 423 g/mol. The Morgan fingerprint density at radius 2 is 1.86 bits per heavy atom. The molecule has 29 heavy (non-hydrogen) atoms. The smallest absolute Gasteiger partial charge is 0.251 e. The first-order valence-electron chi connectivity index (χ1n) is 10.6. The minimum atomic E-state index is -3.59. The Balaban J connectivity index is 1.57. The molecule has 2 aliphatic rings. The van der Waals surface area contributed by atoms with E-state index in [0.29, 0.717) is 51.0 Å². The number of carbonyl (C=O) groups excluding carboxylic acids is 1. The lowest BCUT2D eigenvalue weighted by Crippen LogP contribution is -2.47. The number of piperazine rings is 1. The van der Waals surface area contributed by atoms with Gasteiger partial charge in [-0.05, 0) is 50.9 Å². The van der Waals surface area contributed by atoms with Gasteiger partial charge in [-0.1, -0.05) is 18.9 Å². The van der Waals surface area contributed by atoms with E-state index in [-0.39, 0.29) is 10.8 Å². The van der Waals surface area contributed by atoms with E-state index in [4.69, 9.17) is 4.74 Å². The lowest BCUT2D eigenvalue weighted by atomic mass is 10.1. The summed E-state index contributed by atoms with van der Waals surface area (Å²) < 4.78 is 33.2. The van der Waals surface area contributed by atoms with Crippen LogP contribution in [-0.2, 0) is 14.8 Å². The molecular formula is C21H33N3O4S. The summed E-state index contributed by atoms with van der Waals surface area (Å²) in [5.41, 5.74) is 1.18. The first kappa shape index (κ1) is 22.2. The zero-order valence-electron chi connectivity index (χ0n) is 17.5. The van der Waals surface area contributed by atoms with E-state index >= 15 is 0 Å². The van der Waals surface area contributed by atoms with Crippen molar-refractivity contribution in [1.29, 1.82) is 0 Å². The average Bonchev–Trinajstić information content (AvgIpc) is 3.21. The van der Waals surface area contributed by atoms with Crippen LogP contribution < -0.4 is 5.32 Å². The number of hydrogen-bond donors (Lipinski definition) is 1. The summed E-state index contributed by atoms with van der Waals surface area (Å²) in [6.07, 6.45) is 5.90. The number of carbonyl (C=O) groups is 1. The molecule has 1 heterocycles. The van der Waals surface area contributed by atoms with Crippen LogP contribution in [0.2, 0.25) is 0 Å². The molecule has 1 aliphatic carbocycles. The molecule has 162 valence electrons. The second-order valence-corrected chi connectivity index (χ2v) is 10.0. The molecule has 1 saturated carbocycles. The van der Waals surface area contributed by atoms with Crippen molar-refractivity contribution < 1.29 is 17.9 Å². The number of nitrogens with zero attached hydrogens (tertiary/aromatic N) is 2. The summed E-state index contributed by atoms with van der Waals surface area (Å²) in [4.78, 5) is 14.9. The number of nitrogens with one attached hydrogen (secondary N) is 1. The van der Waals surface area contributed by atoms with Crippen molar-refractivity contribution in [2.75, 3.05) is 46.4 Å². The normalized spacial score (nSPS) is 19.5. The highest BCUT2D eigenvalue weighted by Crippen LogP contribution is 2.22. The van der Waals surface area contributed by atoms with Crippen LogP contribution in [0.3, 0.4) is 0 Å². The van der Waals surface area contributed by atoms with Crippen LogP contribution >= 0.6 is 0 Å². The van der Waals surface area contributed by atoms with Gasteiger partial charge in [-0.15, -0.1) is 0 Å². The first-order valence-corrected chi connectivity index (χ1v) is 12.0. The predicted octanol–water partition coefficient (Wildman–Crippen LogP) is 2.01. The highest BCUT2D eigenvalue weighted by atomic mass is 32.2. The van der Waals surface area contributed by atoms with Crippen molar-refractivity contribution >= 4 is 15.9 Å². The summed E-state index contributed by atoms with van der Waals surface area (Å²) in [5, 5.41) is 2.90. The molecule has 1 aromatic rings. The van der Waals surface area contributed by atoms with Gasteiger partial charge in [-0.2, -0.15) is 4.31 Å². The standard InChI is InChI=1S/C21H33N3O4S/c1-17-8-9-19(29(26,27)24-13-11-23(2)12-14-24)16-20(17)21(25)22-10-5-15-28-18-6-3-4-7-18/h8-9,16,18H,3-7,10-15H2,1-2H3,(H,22,25). The third-order valence-electron chi connectivity index (χ3n) is 5.82. The molecule has 1 saturated heterocycles. The molecule has 0 aromatic heterocycles. The predicted molar refractivity (Wildman–Crippen MR) is 113 cm³/mol. The third kappa shape index (κ3) is 5.78. The van der Waals surface area contributed by atoms with Crippen molar-refractivity contribution in [2.45, 2.75) is 50.0 Å². The quantitative estimate of drug-likeness (QED) is 0.647. The van der Waals surface area contributed by atoms with Gasteiger partial charge in [0.15, 0.2) is 0 Å². The minimum absolute atomic E-state index is 0.183. The summed E-state index contributed by atoms with van der Waals surface area (Å²) in [7, 11) is -1.61. The Bertz CT molecular complexity index is 798. The Morgan fingerprint density at radius 3 is 2.55 bits per heavy atom. The van der Waals surface area contributed by atoms with Crippen LogP contribution in [0, 0.1) is 6.92 Å². The van der Waals surface area contributed by atoms with Gasteiger partial charge in [-0.25, -0.2) is 8.42 Å². The van der Waals surface area contributed by atoms with Crippen LogP contribution in [0.15, 0.2) is 23.1 Å². The average molecular weight is 424 g/mol. The van der Waals surface area contributed by atoms with E-state index in [9.17, 15) is 13.2 Å². The number of amides is 1. The van der Waals surface area contributed by atoms with Crippen molar-refractivity contribution in [3.8, 4) is 0 Å². The molecule has 1 aromatic carbocycles. The molecule has 3 rings (SSSR count). The summed E-state index contributed by atoms with van der Waals surface area (Å²) in [5.74, 6) is -0.237. The number of likely N-dealkylation sites (N-methyl/N-ethyl adjacent to an activating group) is 1. The molecule has 1 aliphatic heterocycles. The van der Waals surface area contributed by atoms with Crippen LogP contribution in [0.25, 0.3) is 0 Å². The highest BCUT2D eigenvalue weighted by molar-refractivity contribution is 7.89. The summed E-state index contributed by atoms with van der Waals surface area (Å²) in [6.45, 7) is 5.33. The maximum atomic E-state index is 13.0. The topological polar surface area (TPSA) is 79.0 Å². The Labute approximate surface area is 174 Å². The lowest BCUT2D eigenvalue weighted by molar-refractivity contribution is 0.0565. The van der Waals surface area contributed by atoms with Crippen molar-refractivity contribution in [3.05, 3.63) is 29.3 Å². The van der Waals surface area contributed by atoms with E-state index in [1.807, 2.05) is 14.0 Å². The van der Waals surface area contributed by atoms with E-state index in [1.165, 1.54) is 23.2 Å². The Kier molecular flexibility index (Phi) is 7.67. The molecule has 8 heteroatoms. The fourth-order valence-electron chi connectivity index (χ4n) is 3.86. The largest absolute Gasteiger partial charge is 0.378 e. The van der Waals surface area contributed by atoms with Gasteiger partial charge in [0, 0.05) is 44.9 Å². The summed E-state index contributed by atoms with van der Waals surface area (Å²) in [6, 6.07) is 4.81. The number of aryl methyl sites for hydroxylation is 1. The summed E-state index contributed by atoms with van der Waals surface area (Å²) >= 11 is 0. The number of sulfonamides is 1. The van der Waals surface area contributed by atoms with E-state index < -0.39 is 10.0 Å². The van der Waals surface area contributed by atoms with E-state index in [2.05, 4.69) is 10.2 Å². The van der Waals surface area contributed by atoms with Crippen molar-refractivity contribution in [3.63, 3.8) is 0 Å². The Hall–Kier alpha value is -1.48. The van der Waals surface area contributed by atoms with Gasteiger partial charge in [-0.3, -0.25) is 4.79 Å².